The van der Waals surface area contributed by atoms with Crippen LogP contribution in [0.15, 0.2) is 12.4 Å². The number of halogens is 1. The first-order valence-corrected chi connectivity index (χ1v) is 3.35. The van der Waals surface area contributed by atoms with Gasteiger partial charge in [-0.15, -0.1) is 6.42 Å². The van der Waals surface area contributed by atoms with Crippen LogP contribution < -0.4 is 5.32 Å². The van der Waals surface area contributed by atoms with Crippen molar-refractivity contribution in [3.05, 3.63) is 17.5 Å². The molecule has 4 nitrogen and oxygen atoms in total. The van der Waals surface area contributed by atoms with Crippen LogP contribution in [-0.2, 0) is 4.79 Å². The number of hydrogen-bond acceptors (Lipinski definition) is 3. The van der Waals surface area contributed by atoms with Gasteiger partial charge in [0, 0.05) is 0 Å². The average Bonchev–Trinajstić information content (AvgIpc) is 2.09. The molecule has 1 aromatic rings. The van der Waals surface area contributed by atoms with Crippen molar-refractivity contribution in [2.24, 2.45) is 0 Å². The highest BCUT2D eigenvalue weighted by atomic mass is 35.5. The first-order chi connectivity index (χ1) is 5.72. The van der Waals surface area contributed by atoms with Crippen molar-refractivity contribution in [2.45, 2.75) is 0 Å². The molecule has 0 spiro atoms. The molecule has 0 radical (unpaired) electrons. The van der Waals surface area contributed by atoms with Gasteiger partial charge in [-0.2, -0.15) is 0 Å². The van der Waals surface area contributed by atoms with Crippen LogP contribution in [0.5, 0.6) is 0 Å². The van der Waals surface area contributed by atoms with Gasteiger partial charge < -0.3 is 0 Å². The molecule has 5 heteroatoms. The molecule has 1 heterocycles. The third-order valence-corrected chi connectivity index (χ3v) is 1.19. The molecule has 12 heavy (non-hydrogen) atoms. The zero-order valence-electron chi connectivity index (χ0n) is 5.91. The lowest BCUT2D eigenvalue weighted by atomic mass is 10.6. The van der Waals surface area contributed by atoms with Gasteiger partial charge in [0.25, 0.3) is 0 Å². The maximum absolute atomic E-state index is 10.6. The Kier molecular flexibility index (Phi) is 2.62. The van der Waals surface area contributed by atoms with E-state index in [-0.39, 0.29) is 11.0 Å². The number of rotatable bonds is 1. The highest BCUT2D eigenvalue weighted by Crippen LogP contribution is 2.04. The van der Waals surface area contributed by atoms with Crippen molar-refractivity contribution < 1.29 is 4.79 Å². The summed E-state index contributed by atoms with van der Waals surface area (Å²) in [4.78, 5) is 18.0. The summed E-state index contributed by atoms with van der Waals surface area (Å²) in [5.74, 6) is 1.59. The summed E-state index contributed by atoms with van der Waals surface area (Å²) < 4.78 is 0. The first-order valence-electron chi connectivity index (χ1n) is 2.97. The molecule has 1 amide bonds. The Hall–Kier alpha value is -1.60. The number of carbonyl (C=O) groups is 1. The molecule has 60 valence electrons. The molecule has 0 unspecified atom stereocenters. The molecule has 0 bridgehead atoms. The van der Waals surface area contributed by atoms with E-state index in [9.17, 15) is 4.79 Å². The van der Waals surface area contributed by atoms with Crippen molar-refractivity contribution in [1.82, 2.24) is 9.97 Å². The summed E-state index contributed by atoms with van der Waals surface area (Å²) in [5, 5.41) is 2.57. The Balaban J connectivity index is 2.73. The van der Waals surface area contributed by atoms with Gasteiger partial charge in [0.2, 0.25) is 0 Å². The van der Waals surface area contributed by atoms with E-state index < -0.39 is 5.91 Å². The summed E-state index contributed by atoms with van der Waals surface area (Å²) in [5.41, 5.74) is 0. The van der Waals surface area contributed by atoms with Gasteiger partial charge in [0.15, 0.2) is 5.82 Å². The predicted octanol–water partition coefficient (Wildman–Crippen LogP) is 0.702. The zero-order valence-corrected chi connectivity index (χ0v) is 6.67. The van der Waals surface area contributed by atoms with Crippen LogP contribution in [0.2, 0.25) is 5.15 Å². The van der Waals surface area contributed by atoms with Crippen molar-refractivity contribution >= 4 is 23.3 Å². The van der Waals surface area contributed by atoms with Crippen LogP contribution in [0.4, 0.5) is 5.82 Å². The summed E-state index contributed by atoms with van der Waals surface area (Å²) in [6, 6.07) is 0. The number of hydrogen-bond donors (Lipinski definition) is 1. The van der Waals surface area contributed by atoms with Crippen molar-refractivity contribution in [3.63, 3.8) is 0 Å². The van der Waals surface area contributed by atoms with Crippen molar-refractivity contribution in [3.8, 4) is 12.3 Å². The van der Waals surface area contributed by atoms with Gasteiger partial charge in [-0.05, 0) is 5.92 Å². The molecule has 0 fully saturated rings. The summed E-state index contributed by atoms with van der Waals surface area (Å²) in [6.45, 7) is 0. The van der Waals surface area contributed by atoms with Gasteiger partial charge in [-0.1, -0.05) is 11.6 Å². The summed E-state index contributed by atoms with van der Waals surface area (Å²) >= 11 is 5.46. The van der Waals surface area contributed by atoms with E-state index in [1.54, 1.807) is 0 Å². The highest BCUT2D eigenvalue weighted by Gasteiger charge is 1.98. The lowest BCUT2D eigenvalue weighted by Gasteiger charge is -1.97. The zero-order chi connectivity index (χ0) is 8.97. The second kappa shape index (κ2) is 3.69. The Morgan fingerprint density at radius 2 is 2.33 bits per heavy atom. The molecule has 0 aliphatic carbocycles. The highest BCUT2D eigenvalue weighted by molar-refractivity contribution is 6.29. The maximum Gasteiger partial charge on any atom is 0.301 e. The number of nitrogens with zero attached hydrogens (tertiary/aromatic N) is 2. The molecule has 1 aromatic heterocycles. The third-order valence-electron chi connectivity index (χ3n) is 0.993. The van der Waals surface area contributed by atoms with Crippen LogP contribution in [0.1, 0.15) is 0 Å². The molecule has 1 N–H and O–H groups in total. The quantitative estimate of drug-likeness (QED) is 0.649. The number of carbonyl (C=O) groups excluding carboxylic acids is 1. The number of nitrogens with one attached hydrogen (secondary N) is 1. The SMILES string of the molecule is C#CC(=O)Nc1cnc(Cl)cn1. The van der Waals surface area contributed by atoms with Gasteiger partial charge >= 0.3 is 5.91 Å². The van der Waals surface area contributed by atoms with E-state index in [1.807, 2.05) is 5.92 Å². The van der Waals surface area contributed by atoms with E-state index in [2.05, 4.69) is 15.3 Å². The van der Waals surface area contributed by atoms with E-state index in [4.69, 9.17) is 18.0 Å². The Morgan fingerprint density at radius 3 is 2.83 bits per heavy atom. The minimum Gasteiger partial charge on any atom is -0.298 e. The molecule has 1 rings (SSSR count). The van der Waals surface area contributed by atoms with Crippen molar-refractivity contribution in [1.29, 1.82) is 0 Å². The third kappa shape index (κ3) is 2.22. The molecular formula is C7H4ClN3O. The van der Waals surface area contributed by atoms with Crippen LogP contribution in [0.3, 0.4) is 0 Å². The van der Waals surface area contributed by atoms with E-state index >= 15 is 0 Å². The number of anilines is 1. The standard InChI is InChI=1S/C7H4ClN3O/c1-2-7(12)11-6-4-9-5(8)3-10-6/h1,3-4H,(H,10,11,12). The van der Waals surface area contributed by atoms with Gasteiger partial charge in [0.05, 0.1) is 12.4 Å². The average molecular weight is 182 g/mol. The second-order valence-corrected chi connectivity index (χ2v) is 2.21. The van der Waals surface area contributed by atoms with Gasteiger partial charge in [-0.3, -0.25) is 10.1 Å². The minimum atomic E-state index is -0.563. The summed E-state index contributed by atoms with van der Waals surface area (Å²) in [6.07, 6.45) is 7.44. The molecule has 0 aliphatic rings. The number of aromatic nitrogens is 2. The minimum absolute atomic E-state index is 0.258. The van der Waals surface area contributed by atoms with E-state index in [0.29, 0.717) is 0 Å². The fraction of sp³-hybridized carbons (Fsp3) is 0. The number of amides is 1. The molecule has 0 saturated carbocycles. The molecular weight excluding hydrogens is 178 g/mol. The van der Waals surface area contributed by atoms with E-state index in [0.717, 1.165) is 0 Å². The summed E-state index contributed by atoms with van der Waals surface area (Å²) in [7, 11) is 0. The molecule has 0 saturated heterocycles. The van der Waals surface area contributed by atoms with Crippen LogP contribution >= 0.6 is 11.6 Å². The monoisotopic (exact) mass is 181 g/mol. The molecule has 0 atom stereocenters. The van der Waals surface area contributed by atoms with Crippen LogP contribution in [-0.4, -0.2) is 15.9 Å². The molecule has 0 aliphatic heterocycles. The largest absolute Gasteiger partial charge is 0.301 e. The number of terminal acetylenes is 1. The van der Waals surface area contributed by atoms with Crippen LogP contribution in [0, 0.1) is 12.3 Å². The van der Waals surface area contributed by atoms with Gasteiger partial charge in [-0.25, -0.2) is 9.97 Å². The fourth-order valence-electron chi connectivity index (χ4n) is 0.529. The second-order valence-electron chi connectivity index (χ2n) is 1.82. The Morgan fingerprint density at radius 1 is 1.58 bits per heavy atom. The normalized spacial score (nSPS) is 8.67. The van der Waals surface area contributed by atoms with Crippen LogP contribution in [0.25, 0.3) is 0 Å². The Labute approximate surface area is 74.0 Å². The topological polar surface area (TPSA) is 54.9 Å². The maximum atomic E-state index is 10.6. The van der Waals surface area contributed by atoms with Crippen molar-refractivity contribution in [2.75, 3.05) is 5.32 Å². The lowest BCUT2D eigenvalue weighted by Crippen LogP contribution is -2.09. The smallest absolute Gasteiger partial charge is 0.298 e. The fourth-order valence-corrected chi connectivity index (χ4v) is 0.627. The Bertz CT molecular complexity index is 327. The first kappa shape index (κ1) is 8.50. The lowest BCUT2D eigenvalue weighted by molar-refractivity contribution is -0.111. The predicted molar refractivity (Wildman–Crippen MR) is 44.5 cm³/mol. The molecule has 0 aromatic carbocycles. The van der Waals surface area contributed by atoms with E-state index in [1.165, 1.54) is 12.4 Å². The van der Waals surface area contributed by atoms with Gasteiger partial charge in [0.1, 0.15) is 5.15 Å².